The van der Waals surface area contributed by atoms with E-state index in [4.69, 9.17) is 9.47 Å². The van der Waals surface area contributed by atoms with Gasteiger partial charge < -0.3 is 9.47 Å². The van der Waals surface area contributed by atoms with Gasteiger partial charge >= 0.3 is 0 Å². The van der Waals surface area contributed by atoms with Crippen LogP contribution in [0.2, 0.25) is 0 Å². The molecule has 1 aromatic carbocycles. The first-order valence-electron chi connectivity index (χ1n) is 10.3. The average molecular weight is 355 g/mol. The lowest BCUT2D eigenvalue weighted by molar-refractivity contribution is -0.113. The van der Waals surface area contributed by atoms with E-state index in [1.807, 2.05) is 0 Å². The zero-order valence-corrected chi connectivity index (χ0v) is 17.3. The number of allylic oxidation sites excluding steroid dienone is 2. The maximum Gasteiger partial charge on any atom is 0.119 e. The van der Waals surface area contributed by atoms with Crippen LogP contribution in [-0.2, 0) is 11.2 Å². The average Bonchev–Trinajstić information content (AvgIpc) is 2.89. The maximum absolute atomic E-state index is 6.54. The van der Waals surface area contributed by atoms with Gasteiger partial charge in [-0.05, 0) is 93.0 Å². The Morgan fingerprint density at radius 3 is 2.62 bits per heavy atom. The van der Waals surface area contributed by atoms with Crippen LogP contribution >= 0.6 is 0 Å². The highest BCUT2D eigenvalue weighted by atomic mass is 16.5. The molecule has 2 nitrogen and oxygen atoms in total. The molecule has 4 rings (SSSR count). The van der Waals surface area contributed by atoms with Crippen LogP contribution in [0.4, 0.5) is 0 Å². The Bertz CT molecular complexity index is 726. The molecular formula is C24H34O2. The molecule has 1 aromatic rings. The van der Waals surface area contributed by atoms with Crippen molar-refractivity contribution < 1.29 is 9.47 Å². The molecule has 0 saturated heterocycles. The Labute approximate surface area is 159 Å². The highest BCUT2D eigenvalue weighted by molar-refractivity contribution is 5.74. The molecule has 5 atom stereocenters. The van der Waals surface area contributed by atoms with E-state index in [1.54, 1.807) is 12.7 Å². The van der Waals surface area contributed by atoms with Gasteiger partial charge in [-0.15, -0.1) is 0 Å². The van der Waals surface area contributed by atoms with Crippen LogP contribution < -0.4 is 4.74 Å². The molecule has 0 amide bonds. The largest absolute Gasteiger partial charge is 0.497 e. The minimum atomic E-state index is -0.0616. The lowest BCUT2D eigenvalue weighted by atomic mass is 9.57. The lowest BCUT2D eigenvalue weighted by Crippen LogP contribution is -2.45. The Hall–Kier alpha value is -1.28. The van der Waals surface area contributed by atoms with Crippen molar-refractivity contribution in [2.75, 3.05) is 7.11 Å². The molecule has 0 heterocycles. The van der Waals surface area contributed by atoms with E-state index >= 15 is 0 Å². The molecule has 0 unspecified atom stereocenters. The normalized spacial score (nSPS) is 36.0. The van der Waals surface area contributed by atoms with Crippen LogP contribution in [0.5, 0.6) is 5.75 Å². The topological polar surface area (TPSA) is 18.5 Å². The number of ether oxygens (including phenoxy) is 2. The van der Waals surface area contributed by atoms with Gasteiger partial charge in [-0.2, -0.15) is 0 Å². The van der Waals surface area contributed by atoms with Crippen LogP contribution in [0.15, 0.2) is 24.3 Å². The molecule has 0 N–H and O–H groups in total. The summed E-state index contributed by atoms with van der Waals surface area (Å²) in [4.78, 5) is 0. The number of hydrogen-bond acceptors (Lipinski definition) is 2. The summed E-state index contributed by atoms with van der Waals surface area (Å²) in [7, 11) is 1.76. The molecule has 1 saturated carbocycles. The van der Waals surface area contributed by atoms with Crippen molar-refractivity contribution in [1.29, 1.82) is 0 Å². The fourth-order valence-corrected chi connectivity index (χ4v) is 6.02. The standard InChI is InChI=1S/C24H34O2/c1-15-13-16-14-17(25-6)7-8-18(16)19-11-12-24(5)20(22(15)19)9-10-21(24)26-23(2,3)4/h7-8,11,14-15,20-22H,9-10,12-13H2,1-6H3/t15-,20+,21+,22-,24+/m1/s1. The van der Waals surface area contributed by atoms with E-state index in [0.29, 0.717) is 17.9 Å². The summed E-state index contributed by atoms with van der Waals surface area (Å²) in [5.41, 5.74) is 4.74. The first-order chi connectivity index (χ1) is 12.2. The van der Waals surface area contributed by atoms with Crippen molar-refractivity contribution in [3.63, 3.8) is 0 Å². The molecule has 1 fully saturated rings. The van der Waals surface area contributed by atoms with Gasteiger partial charge in [-0.3, -0.25) is 0 Å². The molecule has 26 heavy (non-hydrogen) atoms. The van der Waals surface area contributed by atoms with E-state index in [0.717, 1.165) is 24.5 Å². The van der Waals surface area contributed by atoms with Gasteiger partial charge in [0.05, 0.1) is 18.8 Å². The van der Waals surface area contributed by atoms with Crippen LogP contribution in [0.25, 0.3) is 5.57 Å². The van der Waals surface area contributed by atoms with Crippen molar-refractivity contribution in [3.05, 3.63) is 35.4 Å². The summed E-state index contributed by atoms with van der Waals surface area (Å²) in [5.74, 6) is 3.07. The molecule has 2 heteroatoms. The Balaban J connectivity index is 1.71. The van der Waals surface area contributed by atoms with Crippen molar-refractivity contribution in [2.45, 2.75) is 72.0 Å². The minimum Gasteiger partial charge on any atom is -0.497 e. The quantitative estimate of drug-likeness (QED) is 0.659. The van der Waals surface area contributed by atoms with Gasteiger partial charge in [-0.1, -0.05) is 26.0 Å². The molecule has 0 radical (unpaired) electrons. The zero-order chi connectivity index (χ0) is 18.7. The summed E-state index contributed by atoms with van der Waals surface area (Å²) in [6, 6.07) is 6.66. The fourth-order valence-electron chi connectivity index (χ4n) is 6.02. The Morgan fingerprint density at radius 2 is 1.92 bits per heavy atom. The van der Waals surface area contributed by atoms with E-state index < -0.39 is 0 Å². The number of hydrogen-bond donors (Lipinski definition) is 0. The predicted octanol–water partition coefficient (Wildman–Crippen LogP) is 5.89. The summed E-state index contributed by atoms with van der Waals surface area (Å²) in [5, 5.41) is 0. The third kappa shape index (κ3) is 2.81. The van der Waals surface area contributed by atoms with Crippen LogP contribution in [0, 0.1) is 23.2 Å². The van der Waals surface area contributed by atoms with E-state index in [1.165, 1.54) is 24.0 Å². The highest BCUT2D eigenvalue weighted by Crippen LogP contribution is 2.60. The first-order valence-corrected chi connectivity index (χ1v) is 10.3. The van der Waals surface area contributed by atoms with Gasteiger partial charge in [0.25, 0.3) is 0 Å². The van der Waals surface area contributed by atoms with Crippen molar-refractivity contribution in [3.8, 4) is 5.75 Å². The van der Waals surface area contributed by atoms with Gasteiger partial charge in [0.15, 0.2) is 0 Å². The fraction of sp³-hybridized carbons (Fsp3) is 0.667. The number of methoxy groups -OCH3 is 1. The number of fused-ring (bicyclic) bond motifs is 5. The van der Waals surface area contributed by atoms with Gasteiger partial charge in [0.1, 0.15) is 5.75 Å². The van der Waals surface area contributed by atoms with Crippen molar-refractivity contribution in [1.82, 2.24) is 0 Å². The summed E-state index contributed by atoms with van der Waals surface area (Å²) in [6.07, 6.45) is 7.74. The van der Waals surface area contributed by atoms with Gasteiger partial charge in [0.2, 0.25) is 0 Å². The Morgan fingerprint density at radius 1 is 1.15 bits per heavy atom. The Kier molecular flexibility index (Phi) is 4.26. The second-order valence-corrected chi connectivity index (χ2v) is 10.0. The molecule has 0 aromatic heterocycles. The maximum atomic E-state index is 6.54. The third-order valence-corrected chi connectivity index (χ3v) is 7.15. The van der Waals surface area contributed by atoms with Crippen LogP contribution in [0.3, 0.4) is 0 Å². The number of rotatable bonds is 2. The lowest BCUT2D eigenvalue weighted by Gasteiger charge is -2.49. The molecule has 142 valence electrons. The minimum absolute atomic E-state index is 0.0616. The monoisotopic (exact) mass is 354 g/mol. The first kappa shape index (κ1) is 18.1. The molecule has 0 spiro atoms. The molecule has 0 bridgehead atoms. The van der Waals surface area contributed by atoms with Gasteiger partial charge in [0, 0.05) is 5.41 Å². The SMILES string of the molecule is COc1ccc2c(c1)C[C@@H](C)[C@@H]1C2=CC[C@]2(C)[C@@H](OC(C)(C)C)CC[C@@H]12. The molecule has 3 aliphatic carbocycles. The van der Waals surface area contributed by atoms with Crippen molar-refractivity contribution in [2.24, 2.45) is 23.2 Å². The van der Waals surface area contributed by atoms with E-state index in [2.05, 4.69) is 58.9 Å². The highest BCUT2D eigenvalue weighted by Gasteiger charge is 2.55. The second-order valence-electron chi connectivity index (χ2n) is 10.0. The summed E-state index contributed by atoms with van der Waals surface area (Å²) >= 11 is 0. The van der Waals surface area contributed by atoms with Crippen LogP contribution in [-0.4, -0.2) is 18.8 Å². The van der Waals surface area contributed by atoms with Crippen molar-refractivity contribution >= 4 is 5.57 Å². The smallest absolute Gasteiger partial charge is 0.119 e. The molecular weight excluding hydrogens is 320 g/mol. The van der Waals surface area contributed by atoms with E-state index in [9.17, 15) is 0 Å². The summed E-state index contributed by atoms with van der Waals surface area (Å²) < 4.78 is 12.0. The molecule has 3 aliphatic rings. The second kappa shape index (κ2) is 6.12. The van der Waals surface area contributed by atoms with E-state index in [-0.39, 0.29) is 11.0 Å². The zero-order valence-electron chi connectivity index (χ0n) is 17.3. The predicted molar refractivity (Wildman–Crippen MR) is 107 cm³/mol. The molecule has 0 aliphatic heterocycles. The third-order valence-electron chi connectivity index (χ3n) is 7.15. The summed E-state index contributed by atoms with van der Waals surface area (Å²) in [6.45, 7) is 11.5. The van der Waals surface area contributed by atoms with Gasteiger partial charge in [-0.25, -0.2) is 0 Å². The van der Waals surface area contributed by atoms with Crippen LogP contribution in [0.1, 0.15) is 65.0 Å². The number of benzene rings is 1.